The van der Waals surface area contributed by atoms with Crippen molar-refractivity contribution in [3.05, 3.63) is 65.7 Å². The van der Waals surface area contributed by atoms with Gasteiger partial charge in [-0.1, -0.05) is 42.5 Å². The van der Waals surface area contributed by atoms with Gasteiger partial charge in [0.05, 0.1) is 6.04 Å². The van der Waals surface area contributed by atoms with Crippen molar-refractivity contribution in [2.24, 2.45) is 10.9 Å². The summed E-state index contributed by atoms with van der Waals surface area (Å²) in [5.41, 5.74) is 7.21. The number of rotatable bonds is 8. The van der Waals surface area contributed by atoms with Crippen LogP contribution in [0.1, 0.15) is 30.0 Å². The molecule has 9 heteroatoms. The summed E-state index contributed by atoms with van der Waals surface area (Å²) in [5, 5.41) is 17.3. The molecule has 0 heterocycles. The van der Waals surface area contributed by atoms with Gasteiger partial charge in [-0.05, 0) is 42.5 Å². The van der Waals surface area contributed by atoms with E-state index in [-0.39, 0.29) is 25.0 Å². The zero-order valence-electron chi connectivity index (χ0n) is 15.6. The van der Waals surface area contributed by atoms with Crippen molar-refractivity contribution in [2.45, 2.75) is 36.1 Å². The van der Waals surface area contributed by atoms with Crippen LogP contribution in [0, 0.1) is 0 Å². The number of primary sulfonamides is 1. The van der Waals surface area contributed by atoms with Gasteiger partial charge in [0.1, 0.15) is 16.5 Å². The van der Waals surface area contributed by atoms with Gasteiger partial charge in [0.15, 0.2) is 5.78 Å². The van der Waals surface area contributed by atoms with E-state index in [1.54, 1.807) is 42.5 Å². The first kappa shape index (κ1) is 21.0. The molecular weight excluding hydrogens is 394 g/mol. The second-order valence-corrected chi connectivity index (χ2v) is 9.10. The first-order valence-corrected chi connectivity index (χ1v) is 10.6. The normalized spacial score (nSPS) is 17.2. The zero-order valence-corrected chi connectivity index (χ0v) is 16.4. The molecule has 1 unspecified atom stereocenters. The van der Waals surface area contributed by atoms with Gasteiger partial charge in [-0.3, -0.25) is 9.59 Å². The summed E-state index contributed by atoms with van der Waals surface area (Å²) in [6.45, 7) is 0. The molecule has 0 radical (unpaired) electrons. The number of benzene rings is 2. The van der Waals surface area contributed by atoms with Crippen LogP contribution in [0.2, 0.25) is 0 Å². The van der Waals surface area contributed by atoms with Crippen LogP contribution < -0.4 is 16.2 Å². The Morgan fingerprint density at radius 3 is 2.17 bits per heavy atom. The minimum Gasteiger partial charge on any atom is -0.508 e. The second kappa shape index (κ2) is 7.94. The van der Waals surface area contributed by atoms with Crippen molar-refractivity contribution in [3.8, 4) is 5.75 Å². The third kappa shape index (κ3) is 4.47. The molecule has 1 aliphatic carbocycles. The molecule has 154 valence electrons. The standard InChI is InChI=1S/C20H23N3O5S/c21-17(14-4-2-1-3-5-14)19(26)23-16(12-13-6-8-15(24)9-7-13)18(25)20(10-11-20)29(22,27)28/h1-9,16-17,24H,10-12,21H2,(H,23,26)(H2,22,27,28)/t16-,17?/m0/s1. The van der Waals surface area contributed by atoms with Crippen LogP contribution in [-0.2, 0) is 26.0 Å². The number of phenolic OH excluding ortho intramolecular Hbond substituents is 1. The minimum atomic E-state index is -4.11. The van der Waals surface area contributed by atoms with Crippen molar-refractivity contribution in [3.63, 3.8) is 0 Å². The van der Waals surface area contributed by atoms with Crippen LogP contribution >= 0.6 is 0 Å². The predicted octanol–water partition coefficient (Wildman–Crippen LogP) is 0.510. The largest absolute Gasteiger partial charge is 0.508 e. The van der Waals surface area contributed by atoms with E-state index in [0.717, 1.165) is 0 Å². The Morgan fingerprint density at radius 1 is 1.07 bits per heavy atom. The Hall–Kier alpha value is -2.75. The molecule has 2 aromatic rings. The molecule has 1 amide bonds. The lowest BCUT2D eigenvalue weighted by Crippen LogP contribution is -2.53. The highest BCUT2D eigenvalue weighted by Gasteiger charge is 2.60. The smallest absolute Gasteiger partial charge is 0.242 e. The van der Waals surface area contributed by atoms with Gasteiger partial charge in [-0.15, -0.1) is 0 Å². The van der Waals surface area contributed by atoms with E-state index in [1.807, 2.05) is 0 Å². The van der Waals surface area contributed by atoms with Crippen molar-refractivity contribution in [1.29, 1.82) is 0 Å². The molecule has 1 fully saturated rings. The number of hydrogen-bond donors (Lipinski definition) is 4. The van der Waals surface area contributed by atoms with Crippen molar-refractivity contribution in [1.82, 2.24) is 5.32 Å². The van der Waals surface area contributed by atoms with Crippen molar-refractivity contribution < 1.29 is 23.1 Å². The number of aromatic hydroxyl groups is 1. The summed E-state index contributed by atoms with van der Waals surface area (Å²) < 4.78 is 22.3. The SMILES string of the molecule is NC(C(=O)N[C@@H](Cc1ccc(O)cc1)C(=O)C1(S(N)(=O)=O)CC1)c1ccccc1. The summed E-state index contributed by atoms with van der Waals surface area (Å²) in [5.74, 6) is -1.20. The molecule has 8 nitrogen and oxygen atoms in total. The molecule has 0 aromatic heterocycles. The second-order valence-electron chi connectivity index (χ2n) is 7.22. The van der Waals surface area contributed by atoms with Gasteiger partial charge in [0.2, 0.25) is 15.9 Å². The fraction of sp³-hybridized carbons (Fsp3) is 0.300. The van der Waals surface area contributed by atoms with Crippen LogP contribution in [-0.4, -0.2) is 36.0 Å². The number of Topliss-reactive ketones (excluding diaryl/α,β-unsaturated/α-hetero) is 1. The Balaban J connectivity index is 1.85. The molecule has 1 aliphatic rings. The quantitative estimate of drug-likeness (QED) is 0.491. The molecule has 3 rings (SSSR count). The zero-order chi connectivity index (χ0) is 21.2. The summed E-state index contributed by atoms with van der Waals surface area (Å²) in [7, 11) is -4.11. The van der Waals surface area contributed by atoms with E-state index in [2.05, 4.69) is 5.32 Å². The lowest BCUT2D eigenvalue weighted by Gasteiger charge is -2.24. The fourth-order valence-corrected chi connectivity index (χ4v) is 4.35. The molecule has 6 N–H and O–H groups in total. The highest BCUT2D eigenvalue weighted by Crippen LogP contribution is 2.44. The van der Waals surface area contributed by atoms with E-state index in [1.165, 1.54) is 12.1 Å². The summed E-state index contributed by atoms with van der Waals surface area (Å²) >= 11 is 0. The number of hydrogen-bond acceptors (Lipinski definition) is 6. The monoisotopic (exact) mass is 417 g/mol. The molecule has 1 saturated carbocycles. The van der Waals surface area contributed by atoms with E-state index in [0.29, 0.717) is 11.1 Å². The lowest BCUT2D eigenvalue weighted by atomic mass is 9.98. The minimum absolute atomic E-state index is 0.0453. The lowest BCUT2D eigenvalue weighted by molar-refractivity contribution is -0.128. The Labute approximate surface area is 169 Å². The average molecular weight is 417 g/mol. The number of carbonyl (C=O) groups is 2. The van der Waals surface area contributed by atoms with Crippen LogP contribution in [0.25, 0.3) is 0 Å². The number of ketones is 1. The third-order valence-corrected chi connectivity index (χ3v) is 6.85. The Kier molecular flexibility index (Phi) is 5.74. The van der Waals surface area contributed by atoms with Gasteiger partial charge < -0.3 is 16.2 Å². The fourth-order valence-electron chi connectivity index (χ4n) is 3.25. The first-order chi connectivity index (χ1) is 13.6. The third-order valence-electron chi connectivity index (χ3n) is 5.15. The highest BCUT2D eigenvalue weighted by atomic mass is 32.2. The number of nitrogens with two attached hydrogens (primary N) is 2. The van der Waals surface area contributed by atoms with Crippen molar-refractivity contribution >= 4 is 21.7 Å². The maximum absolute atomic E-state index is 13.1. The molecule has 0 aliphatic heterocycles. The Morgan fingerprint density at radius 2 is 1.66 bits per heavy atom. The number of phenols is 1. The molecule has 0 bridgehead atoms. The molecule has 0 spiro atoms. The van der Waals surface area contributed by atoms with E-state index < -0.39 is 38.5 Å². The number of sulfonamides is 1. The van der Waals surface area contributed by atoms with Gasteiger partial charge in [0, 0.05) is 0 Å². The van der Waals surface area contributed by atoms with E-state index in [9.17, 15) is 23.1 Å². The van der Waals surface area contributed by atoms with Gasteiger partial charge in [0.25, 0.3) is 0 Å². The topological polar surface area (TPSA) is 153 Å². The summed E-state index contributed by atoms with van der Waals surface area (Å²) in [6.07, 6.45) is 0.290. The first-order valence-electron chi connectivity index (χ1n) is 9.09. The summed E-state index contributed by atoms with van der Waals surface area (Å²) in [6, 6.07) is 12.6. The average Bonchev–Trinajstić information content (AvgIpc) is 3.50. The molecule has 29 heavy (non-hydrogen) atoms. The number of amides is 1. The van der Waals surface area contributed by atoms with E-state index >= 15 is 0 Å². The maximum atomic E-state index is 13.1. The van der Waals surface area contributed by atoms with Crippen LogP contribution in [0.3, 0.4) is 0 Å². The summed E-state index contributed by atoms with van der Waals surface area (Å²) in [4.78, 5) is 25.8. The Bertz CT molecular complexity index is 1000. The van der Waals surface area contributed by atoms with E-state index in [4.69, 9.17) is 10.9 Å². The van der Waals surface area contributed by atoms with Gasteiger partial charge in [-0.2, -0.15) is 0 Å². The van der Waals surface area contributed by atoms with Crippen molar-refractivity contribution in [2.75, 3.05) is 0 Å². The molecule has 0 saturated heterocycles. The van der Waals surface area contributed by atoms with Gasteiger partial charge in [-0.25, -0.2) is 13.6 Å². The number of nitrogens with one attached hydrogen (secondary N) is 1. The van der Waals surface area contributed by atoms with Gasteiger partial charge >= 0.3 is 0 Å². The van der Waals surface area contributed by atoms with Crippen LogP contribution in [0.15, 0.2) is 54.6 Å². The maximum Gasteiger partial charge on any atom is 0.242 e. The predicted molar refractivity (Wildman–Crippen MR) is 107 cm³/mol. The van der Waals surface area contributed by atoms with Crippen LogP contribution in [0.5, 0.6) is 5.75 Å². The number of carbonyl (C=O) groups excluding carboxylic acids is 2. The highest BCUT2D eigenvalue weighted by molar-refractivity contribution is 7.91. The molecule has 2 aromatic carbocycles. The van der Waals surface area contributed by atoms with Crippen LogP contribution in [0.4, 0.5) is 0 Å². The molecular formula is C20H23N3O5S. The molecule has 2 atom stereocenters.